The van der Waals surface area contributed by atoms with Gasteiger partial charge in [-0.3, -0.25) is 0 Å². The van der Waals surface area contributed by atoms with Crippen LogP contribution in [0.5, 0.6) is 0 Å². The SMILES string of the molecule is CC.CC.CC.Cc1ccc2ncoc2n1. The fraction of sp³-hybridized carbons (Fsp3) is 0.538. The summed E-state index contributed by atoms with van der Waals surface area (Å²) >= 11 is 0. The zero-order valence-electron chi connectivity index (χ0n) is 11.5. The molecule has 0 radical (unpaired) electrons. The minimum absolute atomic E-state index is 0.611. The fourth-order valence-electron chi connectivity index (χ4n) is 0.844. The highest BCUT2D eigenvalue weighted by atomic mass is 16.3. The van der Waals surface area contributed by atoms with Crippen LogP contribution in [0.3, 0.4) is 0 Å². The van der Waals surface area contributed by atoms with Crippen molar-refractivity contribution in [3.05, 3.63) is 24.2 Å². The lowest BCUT2D eigenvalue weighted by atomic mass is 10.4. The van der Waals surface area contributed by atoms with Gasteiger partial charge in [-0.1, -0.05) is 41.5 Å². The zero-order valence-corrected chi connectivity index (χ0v) is 11.5. The largest absolute Gasteiger partial charge is 0.425 e. The Hall–Kier alpha value is -1.38. The summed E-state index contributed by atoms with van der Waals surface area (Å²) in [5.74, 6) is 0. The molecule has 0 aliphatic rings. The number of hydrogen-bond acceptors (Lipinski definition) is 3. The Bertz CT molecular complexity index is 355. The first-order chi connectivity index (χ1) is 7.86. The minimum atomic E-state index is 0.611. The summed E-state index contributed by atoms with van der Waals surface area (Å²) in [6.07, 6.45) is 1.40. The molecule has 0 N–H and O–H groups in total. The molecule has 2 heterocycles. The van der Waals surface area contributed by atoms with Gasteiger partial charge in [0.25, 0.3) is 0 Å². The number of fused-ring (bicyclic) bond motifs is 1. The summed E-state index contributed by atoms with van der Waals surface area (Å²) in [6, 6.07) is 3.80. The Labute approximate surface area is 98.9 Å². The van der Waals surface area contributed by atoms with Crippen LogP contribution in [-0.4, -0.2) is 9.97 Å². The van der Waals surface area contributed by atoms with Crippen molar-refractivity contribution in [3.63, 3.8) is 0 Å². The van der Waals surface area contributed by atoms with Gasteiger partial charge < -0.3 is 4.42 Å². The molecule has 92 valence electrons. The number of hydrogen-bond donors (Lipinski definition) is 0. The van der Waals surface area contributed by atoms with E-state index in [4.69, 9.17) is 4.42 Å². The van der Waals surface area contributed by atoms with Crippen molar-refractivity contribution in [2.75, 3.05) is 0 Å². The topological polar surface area (TPSA) is 38.9 Å². The van der Waals surface area contributed by atoms with Crippen LogP contribution in [-0.2, 0) is 0 Å². The molecule has 0 atom stereocenters. The van der Waals surface area contributed by atoms with Crippen LogP contribution in [0.15, 0.2) is 22.9 Å². The Morgan fingerprint density at radius 2 is 1.50 bits per heavy atom. The summed E-state index contributed by atoms with van der Waals surface area (Å²) < 4.78 is 4.98. The van der Waals surface area contributed by atoms with Gasteiger partial charge in [0.2, 0.25) is 5.71 Å². The van der Waals surface area contributed by atoms with Crippen LogP contribution in [0, 0.1) is 6.92 Å². The molecule has 0 fully saturated rings. The molecule has 0 aliphatic carbocycles. The average Bonchev–Trinajstić information content (AvgIpc) is 2.84. The van der Waals surface area contributed by atoms with E-state index in [1.165, 1.54) is 6.39 Å². The van der Waals surface area contributed by atoms with E-state index in [9.17, 15) is 0 Å². The molecule has 0 aromatic carbocycles. The third-order valence-corrected chi connectivity index (χ3v) is 1.34. The number of pyridine rings is 1. The predicted octanol–water partition coefficient (Wildman–Crippen LogP) is 4.61. The molecule has 0 spiro atoms. The Kier molecular flexibility index (Phi) is 12.4. The van der Waals surface area contributed by atoms with Gasteiger partial charge in [0, 0.05) is 5.69 Å². The highest BCUT2D eigenvalue weighted by Gasteiger charge is 1.96. The predicted molar refractivity (Wildman–Crippen MR) is 70.6 cm³/mol. The molecular weight excluding hydrogens is 200 g/mol. The second-order valence-corrected chi connectivity index (χ2v) is 2.13. The molecule has 0 unspecified atom stereocenters. The Morgan fingerprint density at radius 1 is 0.938 bits per heavy atom. The molecule has 0 aliphatic heterocycles. The first kappa shape index (κ1) is 17.0. The summed E-state index contributed by atoms with van der Waals surface area (Å²) in [7, 11) is 0. The first-order valence-corrected chi connectivity index (χ1v) is 6.03. The summed E-state index contributed by atoms with van der Waals surface area (Å²) in [5.41, 5.74) is 2.37. The van der Waals surface area contributed by atoms with E-state index in [2.05, 4.69) is 9.97 Å². The number of nitrogens with zero attached hydrogens (tertiary/aromatic N) is 2. The van der Waals surface area contributed by atoms with Gasteiger partial charge in [-0.25, -0.2) is 9.97 Å². The maximum atomic E-state index is 4.98. The van der Waals surface area contributed by atoms with Crippen molar-refractivity contribution < 1.29 is 4.42 Å². The molecule has 0 saturated carbocycles. The number of aryl methyl sites for hydroxylation is 1. The molecule has 0 amide bonds. The molecule has 3 heteroatoms. The van der Waals surface area contributed by atoms with Gasteiger partial charge in [0.05, 0.1) is 0 Å². The van der Waals surface area contributed by atoms with Crippen LogP contribution >= 0.6 is 0 Å². The Morgan fingerprint density at radius 3 is 2.06 bits per heavy atom. The van der Waals surface area contributed by atoms with Crippen molar-refractivity contribution in [2.45, 2.75) is 48.5 Å². The van der Waals surface area contributed by atoms with E-state index in [-0.39, 0.29) is 0 Å². The van der Waals surface area contributed by atoms with Crippen molar-refractivity contribution >= 4 is 11.2 Å². The van der Waals surface area contributed by atoms with Gasteiger partial charge in [0.15, 0.2) is 6.39 Å². The highest BCUT2D eigenvalue weighted by Crippen LogP contribution is 2.08. The zero-order chi connectivity index (χ0) is 13.0. The maximum absolute atomic E-state index is 4.98. The lowest BCUT2D eigenvalue weighted by molar-refractivity contribution is 0.590. The molecule has 2 aromatic rings. The van der Waals surface area contributed by atoms with Crippen molar-refractivity contribution in [1.29, 1.82) is 0 Å². The second-order valence-electron chi connectivity index (χ2n) is 2.13. The lowest BCUT2D eigenvalue weighted by Crippen LogP contribution is -1.78. The van der Waals surface area contributed by atoms with Gasteiger partial charge in [-0.15, -0.1) is 0 Å². The van der Waals surface area contributed by atoms with Crippen LogP contribution < -0.4 is 0 Å². The van der Waals surface area contributed by atoms with E-state index in [1.54, 1.807) is 0 Å². The molecule has 3 nitrogen and oxygen atoms in total. The van der Waals surface area contributed by atoms with Gasteiger partial charge in [-0.05, 0) is 19.1 Å². The Balaban J connectivity index is 0. The van der Waals surface area contributed by atoms with Gasteiger partial charge >= 0.3 is 0 Å². The van der Waals surface area contributed by atoms with Crippen LogP contribution in [0.25, 0.3) is 11.2 Å². The van der Waals surface area contributed by atoms with Crippen molar-refractivity contribution in [1.82, 2.24) is 9.97 Å². The van der Waals surface area contributed by atoms with Gasteiger partial charge in [0.1, 0.15) is 5.52 Å². The number of rotatable bonds is 0. The smallest absolute Gasteiger partial charge is 0.246 e. The minimum Gasteiger partial charge on any atom is -0.425 e. The van der Waals surface area contributed by atoms with Gasteiger partial charge in [-0.2, -0.15) is 0 Å². The van der Waals surface area contributed by atoms with Crippen molar-refractivity contribution in [3.8, 4) is 0 Å². The maximum Gasteiger partial charge on any atom is 0.246 e. The van der Waals surface area contributed by atoms with E-state index in [0.29, 0.717) is 5.71 Å². The van der Waals surface area contributed by atoms with E-state index < -0.39 is 0 Å². The normalized spacial score (nSPS) is 7.69. The van der Waals surface area contributed by atoms with Crippen LogP contribution in [0.1, 0.15) is 47.2 Å². The van der Waals surface area contributed by atoms with E-state index >= 15 is 0 Å². The third-order valence-electron chi connectivity index (χ3n) is 1.34. The molecule has 0 bridgehead atoms. The molecule has 16 heavy (non-hydrogen) atoms. The van der Waals surface area contributed by atoms with Crippen LogP contribution in [0.4, 0.5) is 0 Å². The third kappa shape index (κ3) is 5.49. The van der Waals surface area contributed by atoms with E-state index in [1.807, 2.05) is 60.6 Å². The molecule has 2 aromatic heterocycles. The van der Waals surface area contributed by atoms with Crippen molar-refractivity contribution in [2.24, 2.45) is 0 Å². The molecular formula is C13H24N2O. The average molecular weight is 224 g/mol. The monoisotopic (exact) mass is 224 g/mol. The quantitative estimate of drug-likeness (QED) is 0.656. The number of oxazole rings is 1. The highest BCUT2D eigenvalue weighted by molar-refractivity contribution is 5.67. The molecule has 2 rings (SSSR count). The fourth-order valence-corrected chi connectivity index (χ4v) is 0.844. The van der Waals surface area contributed by atoms with E-state index in [0.717, 1.165) is 11.2 Å². The summed E-state index contributed by atoms with van der Waals surface area (Å²) in [6.45, 7) is 13.9. The lowest BCUT2D eigenvalue weighted by Gasteiger charge is -1.86. The first-order valence-electron chi connectivity index (χ1n) is 6.03. The number of aromatic nitrogens is 2. The van der Waals surface area contributed by atoms with Crippen LogP contribution in [0.2, 0.25) is 0 Å². The second kappa shape index (κ2) is 11.7. The summed E-state index contributed by atoms with van der Waals surface area (Å²) in [5, 5.41) is 0. The molecule has 0 saturated heterocycles. The standard InChI is InChI=1S/C7H6N2O.3C2H6/c1-5-2-3-6-7(9-5)10-4-8-6;3*1-2/h2-4H,1H3;3*1-2H3. The summed E-state index contributed by atoms with van der Waals surface area (Å²) in [4.78, 5) is 8.04.